The Bertz CT molecular complexity index is 615. The van der Waals surface area contributed by atoms with Gasteiger partial charge in [0, 0.05) is 18.6 Å². The van der Waals surface area contributed by atoms with E-state index in [1.54, 1.807) is 0 Å². The van der Waals surface area contributed by atoms with Crippen LogP contribution in [0.5, 0.6) is 5.75 Å². The molecule has 3 aliphatic rings. The fourth-order valence-corrected chi connectivity index (χ4v) is 4.68. The normalized spacial score (nSPS) is 31.5. The molecule has 3 heterocycles. The zero-order chi connectivity index (χ0) is 15.9. The summed E-state index contributed by atoms with van der Waals surface area (Å²) in [6.45, 7) is 3.58. The summed E-state index contributed by atoms with van der Waals surface area (Å²) in [5, 5.41) is 6.82. The summed E-state index contributed by atoms with van der Waals surface area (Å²) in [4.78, 5) is 12.9. The van der Waals surface area contributed by atoms with Crippen molar-refractivity contribution < 1.29 is 9.53 Å². The van der Waals surface area contributed by atoms with Crippen LogP contribution in [0.4, 0.5) is 0 Å². The predicted molar refractivity (Wildman–Crippen MR) is 89.4 cm³/mol. The van der Waals surface area contributed by atoms with Gasteiger partial charge in [0.1, 0.15) is 5.75 Å². The molecule has 124 valence electrons. The van der Waals surface area contributed by atoms with E-state index < -0.39 is 0 Å². The molecule has 4 rings (SSSR count). The second-order valence-electron chi connectivity index (χ2n) is 7.28. The summed E-state index contributed by atoms with van der Waals surface area (Å²) in [6.07, 6.45) is 6.44. The Hall–Kier alpha value is -1.55. The van der Waals surface area contributed by atoms with Crippen molar-refractivity contribution in [1.82, 2.24) is 10.6 Å². The number of rotatable bonds is 4. The third-order valence-electron chi connectivity index (χ3n) is 6.03. The van der Waals surface area contributed by atoms with E-state index in [0.717, 1.165) is 44.5 Å². The highest BCUT2D eigenvalue weighted by Crippen LogP contribution is 2.45. The van der Waals surface area contributed by atoms with Crippen LogP contribution in [0.1, 0.15) is 50.2 Å². The van der Waals surface area contributed by atoms with Crippen LogP contribution in [0, 0.1) is 5.41 Å². The fraction of sp³-hybridized carbons (Fsp3) is 0.632. The van der Waals surface area contributed by atoms with Crippen molar-refractivity contribution in [3.05, 3.63) is 29.3 Å². The van der Waals surface area contributed by atoms with Crippen LogP contribution >= 0.6 is 0 Å². The average Bonchev–Trinajstić information content (AvgIpc) is 3.21. The van der Waals surface area contributed by atoms with Gasteiger partial charge in [0.15, 0.2) is 0 Å². The molecule has 4 nitrogen and oxygen atoms in total. The molecule has 1 aromatic carbocycles. The minimum absolute atomic E-state index is 0.194. The van der Waals surface area contributed by atoms with Gasteiger partial charge in [0.2, 0.25) is 5.91 Å². The lowest BCUT2D eigenvalue weighted by Crippen LogP contribution is -2.47. The third kappa shape index (κ3) is 2.53. The first-order valence-corrected chi connectivity index (χ1v) is 9.00. The number of hydrogen-bond acceptors (Lipinski definition) is 3. The zero-order valence-corrected chi connectivity index (χ0v) is 13.9. The van der Waals surface area contributed by atoms with Crippen LogP contribution in [0.2, 0.25) is 0 Å². The van der Waals surface area contributed by atoms with E-state index >= 15 is 0 Å². The number of amides is 1. The monoisotopic (exact) mass is 314 g/mol. The number of nitrogens with one attached hydrogen (secondary N) is 2. The lowest BCUT2D eigenvalue weighted by atomic mass is 9.71. The molecule has 2 saturated heterocycles. The Morgan fingerprint density at radius 3 is 3.09 bits per heavy atom. The molecular formula is C19H26N2O2. The first kappa shape index (κ1) is 15.0. The summed E-state index contributed by atoms with van der Waals surface area (Å²) < 4.78 is 5.66. The molecule has 1 amide bonds. The van der Waals surface area contributed by atoms with Crippen LogP contribution in [-0.4, -0.2) is 24.6 Å². The number of hydrogen-bond donors (Lipinski definition) is 2. The second kappa shape index (κ2) is 5.82. The summed E-state index contributed by atoms with van der Waals surface area (Å²) in [6, 6.07) is 7.22. The Kier molecular flexibility index (Phi) is 3.80. The Labute approximate surface area is 138 Å². The molecule has 0 unspecified atom stereocenters. The molecule has 0 radical (unpaired) electrons. The zero-order valence-electron chi connectivity index (χ0n) is 13.9. The van der Waals surface area contributed by atoms with Gasteiger partial charge < -0.3 is 15.4 Å². The van der Waals surface area contributed by atoms with Crippen LogP contribution in [0.15, 0.2) is 18.2 Å². The highest BCUT2D eigenvalue weighted by atomic mass is 16.5. The largest absolute Gasteiger partial charge is 0.493 e. The number of aryl methyl sites for hydroxylation is 1. The van der Waals surface area contributed by atoms with Crippen LogP contribution < -0.4 is 15.4 Å². The van der Waals surface area contributed by atoms with Gasteiger partial charge in [0.05, 0.1) is 12.0 Å². The average molecular weight is 314 g/mol. The summed E-state index contributed by atoms with van der Waals surface area (Å²) in [5.74, 6) is 1.24. The van der Waals surface area contributed by atoms with Crippen molar-refractivity contribution in [2.75, 3.05) is 6.61 Å². The van der Waals surface area contributed by atoms with Crippen molar-refractivity contribution in [1.29, 1.82) is 0 Å². The van der Waals surface area contributed by atoms with Gasteiger partial charge in [-0.3, -0.25) is 4.79 Å². The minimum Gasteiger partial charge on any atom is -0.493 e. The standard InChI is InChI=1S/C19H26N2O2/c1-2-19(11-15-6-8-17(19)21-15)18(22)20-12-13-5-7-16-14(10-13)4-3-9-23-16/h5,7,10,15,17,21H,2-4,6,8-9,11-12H2,1H3,(H,20,22)/t15-,17+,19+/m0/s1. The molecule has 23 heavy (non-hydrogen) atoms. The van der Waals surface area contributed by atoms with Crippen molar-refractivity contribution in [3.8, 4) is 5.75 Å². The highest BCUT2D eigenvalue weighted by molar-refractivity contribution is 5.84. The van der Waals surface area contributed by atoms with Crippen molar-refractivity contribution in [3.63, 3.8) is 0 Å². The highest BCUT2D eigenvalue weighted by Gasteiger charge is 2.54. The number of fused-ring (bicyclic) bond motifs is 3. The Morgan fingerprint density at radius 2 is 2.35 bits per heavy atom. The quantitative estimate of drug-likeness (QED) is 0.898. The first-order chi connectivity index (χ1) is 11.2. The topological polar surface area (TPSA) is 50.4 Å². The van der Waals surface area contributed by atoms with Crippen molar-refractivity contribution in [2.45, 2.75) is 64.1 Å². The number of ether oxygens (including phenoxy) is 1. The van der Waals surface area contributed by atoms with Crippen molar-refractivity contribution in [2.24, 2.45) is 5.41 Å². The second-order valence-corrected chi connectivity index (χ2v) is 7.28. The van der Waals surface area contributed by atoms with E-state index in [1.165, 1.54) is 17.5 Å². The van der Waals surface area contributed by atoms with E-state index in [0.29, 0.717) is 18.6 Å². The molecule has 3 aliphatic heterocycles. The van der Waals surface area contributed by atoms with Crippen LogP contribution in [-0.2, 0) is 17.8 Å². The Morgan fingerprint density at radius 1 is 1.43 bits per heavy atom. The predicted octanol–water partition coefficient (Wildman–Crippen LogP) is 2.55. The smallest absolute Gasteiger partial charge is 0.228 e. The maximum atomic E-state index is 12.9. The van der Waals surface area contributed by atoms with Gasteiger partial charge in [-0.05, 0) is 55.7 Å². The fourth-order valence-electron chi connectivity index (χ4n) is 4.68. The SMILES string of the molecule is CC[C@@]1(C(=O)NCc2ccc3c(c2)CCCO3)C[C@@H]2CC[C@H]1N2. The molecule has 2 bridgehead atoms. The van der Waals surface area contributed by atoms with Crippen LogP contribution in [0.25, 0.3) is 0 Å². The van der Waals surface area contributed by atoms with E-state index in [-0.39, 0.29) is 11.3 Å². The van der Waals surface area contributed by atoms with Crippen LogP contribution in [0.3, 0.4) is 0 Å². The van der Waals surface area contributed by atoms with E-state index in [9.17, 15) is 4.79 Å². The van der Waals surface area contributed by atoms with E-state index in [4.69, 9.17) is 4.74 Å². The first-order valence-electron chi connectivity index (χ1n) is 9.00. The van der Waals surface area contributed by atoms with E-state index in [1.807, 2.05) is 6.07 Å². The maximum absolute atomic E-state index is 12.9. The molecule has 1 aromatic rings. The Balaban J connectivity index is 1.43. The molecule has 2 N–H and O–H groups in total. The molecule has 0 aromatic heterocycles. The summed E-state index contributed by atoms with van der Waals surface area (Å²) in [7, 11) is 0. The van der Waals surface area contributed by atoms with Gasteiger partial charge >= 0.3 is 0 Å². The number of carbonyl (C=O) groups excluding carboxylic acids is 1. The van der Waals surface area contributed by atoms with Gasteiger partial charge in [-0.2, -0.15) is 0 Å². The third-order valence-corrected chi connectivity index (χ3v) is 6.03. The van der Waals surface area contributed by atoms with Gasteiger partial charge in [0.25, 0.3) is 0 Å². The molecule has 3 atom stereocenters. The lowest BCUT2D eigenvalue weighted by molar-refractivity contribution is -0.132. The summed E-state index contributed by atoms with van der Waals surface area (Å²) in [5.41, 5.74) is 2.25. The number of carbonyl (C=O) groups is 1. The van der Waals surface area contributed by atoms with Gasteiger partial charge in [-0.15, -0.1) is 0 Å². The molecular weight excluding hydrogens is 288 g/mol. The molecule has 2 fully saturated rings. The summed E-state index contributed by atoms with van der Waals surface area (Å²) >= 11 is 0. The maximum Gasteiger partial charge on any atom is 0.228 e. The molecule has 0 spiro atoms. The van der Waals surface area contributed by atoms with Crippen molar-refractivity contribution >= 4 is 5.91 Å². The lowest BCUT2D eigenvalue weighted by Gasteiger charge is -2.34. The van der Waals surface area contributed by atoms with E-state index in [2.05, 4.69) is 29.7 Å². The minimum atomic E-state index is -0.194. The molecule has 4 heteroatoms. The van der Waals surface area contributed by atoms with Gasteiger partial charge in [-0.1, -0.05) is 19.1 Å². The van der Waals surface area contributed by atoms with Gasteiger partial charge in [-0.25, -0.2) is 0 Å². The number of benzene rings is 1. The molecule has 0 aliphatic carbocycles. The molecule has 0 saturated carbocycles.